The van der Waals surface area contributed by atoms with Crippen LogP contribution >= 0.6 is 0 Å². The van der Waals surface area contributed by atoms with E-state index in [4.69, 9.17) is 9.84 Å². The Morgan fingerprint density at radius 3 is 2.64 bits per heavy atom. The fourth-order valence-electron chi connectivity index (χ4n) is 2.85. The van der Waals surface area contributed by atoms with Gasteiger partial charge in [0.2, 0.25) is 0 Å². The molecule has 2 atom stereocenters. The number of hydrogen-bond donors (Lipinski definition) is 3. The van der Waals surface area contributed by atoms with Crippen molar-refractivity contribution in [3.05, 3.63) is 23.3 Å². The van der Waals surface area contributed by atoms with Crippen molar-refractivity contribution in [2.24, 2.45) is 0 Å². The van der Waals surface area contributed by atoms with E-state index in [0.717, 1.165) is 25.3 Å². The number of ketones is 1. The minimum atomic E-state index is -1.14. The lowest BCUT2D eigenvalue weighted by Crippen LogP contribution is -2.28. The maximum atomic E-state index is 12.4. The first-order chi connectivity index (χ1) is 10.4. The van der Waals surface area contributed by atoms with Gasteiger partial charge in [0.25, 0.3) is 0 Å². The maximum absolute atomic E-state index is 12.4. The summed E-state index contributed by atoms with van der Waals surface area (Å²) in [6.45, 7) is 1.95. The fourth-order valence-corrected chi connectivity index (χ4v) is 2.85. The molecule has 0 unspecified atom stereocenters. The largest absolute Gasteiger partial charge is 0.508 e. The summed E-state index contributed by atoms with van der Waals surface area (Å²) in [5.41, 5.74) is 0.0703. The van der Waals surface area contributed by atoms with Gasteiger partial charge in [-0.2, -0.15) is 0 Å². The number of aliphatic carboxylic acids is 1. The monoisotopic (exact) mass is 308 g/mol. The van der Waals surface area contributed by atoms with Crippen molar-refractivity contribution < 1.29 is 29.6 Å². The second-order valence-corrected chi connectivity index (χ2v) is 5.70. The number of phenolic OH excluding ortho intramolecular Hbond substituents is 2. The summed E-state index contributed by atoms with van der Waals surface area (Å²) in [5, 5.41) is 28.3. The third kappa shape index (κ3) is 3.98. The molecular formula is C16H20O6. The van der Waals surface area contributed by atoms with Crippen LogP contribution in [0.2, 0.25) is 0 Å². The first-order valence-electron chi connectivity index (χ1n) is 7.32. The zero-order valence-corrected chi connectivity index (χ0v) is 12.4. The average molecular weight is 308 g/mol. The number of benzene rings is 1. The van der Waals surface area contributed by atoms with Gasteiger partial charge in [-0.1, -0.05) is 0 Å². The smallest absolute Gasteiger partial charge is 0.307 e. The van der Waals surface area contributed by atoms with Gasteiger partial charge < -0.3 is 20.1 Å². The van der Waals surface area contributed by atoms with Crippen LogP contribution in [0.1, 0.15) is 48.5 Å². The van der Waals surface area contributed by atoms with E-state index in [1.54, 1.807) is 0 Å². The van der Waals surface area contributed by atoms with Crippen molar-refractivity contribution in [1.29, 1.82) is 0 Å². The molecule has 120 valence electrons. The van der Waals surface area contributed by atoms with Crippen molar-refractivity contribution in [3.8, 4) is 11.5 Å². The number of rotatable bonds is 5. The molecule has 22 heavy (non-hydrogen) atoms. The Balaban J connectivity index is 2.22. The molecule has 0 amide bonds. The highest BCUT2D eigenvalue weighted by Crippen LogP contribution is 2.30. The van der Waals surface area contributed by atoms with Crippen LogP contribution in [0.15, 0.2) is 12.1 Å². The van der Waals surface area contributed by atoms with Crippen LogP contribution in [0.3, 0.4) is 0 Å². The Hall–Kier alpha value is -2.08. The maximum Gasteiger partial charge on any atom is 0.307 e. The number of phenols is 2. The SMILES string of the molecule is C[C@H]1CCC[C@@H](CC(=O)c2c(O)cc(O)cc2CC(=O)O)O1. The number of carbonyl (C=O) groups excluding carboxylic acids is 1. The number of carboxylic acids is 1. The Bertz CT molecular complexity index is 580. The zero-order valence-electron chi connectivity index (χ0n) is 12.4. The van der Waals surface area contributed by atoms with Crippen LogP contribution < -0.4 is 0 Å². The first kappa shape index (κ1) is 16.3. The fraction of sp³-hybridized carbons (Fsp3) is 0.500. The quantitative estimate of drug-likeness (QED) is 0.721. The van der Waals surface area contributed by atoms with Crippen LogP contribution in [-0.4, -0.2) is 39.3 Å². The number of carbonyl (C=O) groups is 2. The number of aromatic hydroxyl groups is 2. The summed E-state index contributed by atoms with van der Waals surface area (Å²) in [7, 11) is 0. The third-order valence-corrected chi connectivity index (χ3v) is 3.78. The van der Waals surface area contributed by atoms with Crippen LogP contribution in [0.5, 0.6) is 11.5 Å². The highest BCUT2D eigenvalue weighted by Gasteiger charge is 2.26. The Morgan fingerprint density at radius 1 is 1.27 bits per heavy atom. The molecule has 3 N–H and O–H groups in total. The van der Waals surface area contributed by atoms with Gasteiger partial charge >= 0.3 is 5.97 Å². The molecule has 0 aromatic heterocycles. The van der Waals surface area contributed by atoms with Gasteiger partial charge in [-0.3, -0.25) is 9.59 Å². The summed E-state index contributed by atoms with van der Waals surface area (Å²) in [5.74, 6) is -2.17. The van der Waals surface area contributed by atoms with E-state index in [9.17, 15) is 19.8 Å². The minimum Gasteiger partial charge on any atom is -0.508 e. The molecule has 1 aliphatic rings. The number of ether oxygens (including phenoxy) is 1. The van der Waals surface area contributed by atoms with E-state index in [0.29, 0.717) is 0 Å². The summed E-state index contributed by atoms with van der Waals surface area (Å²) >= 11 is 0. The van der Waals surface area contributed by atoms with Crippen LogP contribution in [0.4, 0.5) is 0 Å². The van der Waals surface area contributed by atoms with E-state index < -0.39 is 18.1 Å². The van der Waals surface area contributed by atoms with Gasteiger partial charge in [0.15, 0.2) is 5.78 Å². The second kappa shape index (κ2) is 6.79. The summed E-state index contributed by atoms with van der Waals surface area (Å²) < 4.78 is 5.69. The first-order valence-corrected chi connectivity index (χ1v) is 7.32. The number of Topliss-reactive ketones (excluding diaryl/α,β-unsaturated/α-hetero) is 1. The summed E-state index contributed by atoms with van der Waals surface area (Å²) in [6, 6.07) is 2.24. The van der Waals surface area contributed by atoms with Gasteiger partial charge in [0.05, 0.1) is 24.2 Å². The normalized spacial score (nSPS) is 21.5. The predicted octanol–water partition coefficient (Wildman–Crippen LogP) is 2.26. The molecule has 0 radical (unpaired) electrons. The number of carboxylic acid groups (broad SMARTS) is 1. The van der Waals surface area contributed by atoms with Crippen molar-refractivity contribution in [1.82, 2.24) is 0 Å². The molecule has 0 aliphatic carbocycles. The van der Waals surface area contributed by atoms with E-state index in [1.165, 1.54) is 6.07 Å². The predicted molar refractivity (Wildman–Crippen MR) is 78.2 cm³/mol. The Kier molecular flexibility index (Phi) is 5.03. The molecule has 0 saturated carbocycles. The lowest BCUT2D eigenvalue weighted by atomic mass is 9.93. The van der Waals surface area contributed by atoms with Gasteiger partial charge in [-0.25, -0.2) is 0 Å². The van der Waals surface area contributed by atoms with Gasteiger partial charge in [-0.05, 0) is 37.8 Å². The molecular weight excluding hydrogens is 288 g/mol. The molecule has 0 bridgehead atoms. The molecule has 1 aromatic rings. The average Bonchev–Trinajstić information content (AvgIpc) is 2.36. The second-order valence-electron chi connectivity index (χ2n) is 5.70. The molecule has 1 fully saturated rings. The van der Waals surface area contributed by atoms with Crippen molar-refractivity contribution in [2.45, 2.75) is 51.2 Å². The molecule has 1 aliphatic heterocycles. The van der Waals surface area contributed by atoms with Gasteiger partial charge in [0.1, 0.15) is 11.5 Å². The van der Waals surface area contributed by atoms with E-state index in [-0.39, 0.29) is 41.3 Å². The van der Waals surface area contributed by atoms with E-state index in [1.807, 2.05) is 6.92 Å². The lowest BCUT2D eigenvalue weighted by molar-refractivity contribution is -0.136. The van der Waals surface area contributed by atoms with Crippen molar-refractivity contribution in [3.63, 3.8) is 0 Å². The molecule has 2 rings (SSSR count). The third-order valence-electron chi connectivity index (χ3n) is 3.78. The van der Waals surface area contributed by atoms with E-state index in [2.05, 4.69) is 0 Å². The van der Waals surface area contributed by atoms with E-state index >= 15 is 0 Å². The molecule has 1 saturated heterocycles. The summed E-state index contributed by atoms with van der Waals surface area (Å²) in [6.07, 6.45) is 2.23. The summed E-state index contributed by atoms with van der Waals surface area (Å²) in [4.78, 5) is 23.3. The van der Waals surface area contributed by atoms with Gasteiger partial charge in [0, 0.05) is 12.5 Å². The number of hydrogen-bond acceptors (Lipinski definition) is 5. The minimum absolute atomic E-state index is 0.0398. The zero-order chi connectivity index (χ0) is 16.3. The topological polar surface area (TPSA) is 104 Å². The Labute approximate surface area is 128 Å². The highest BCUT2D eigenvalue weighted by atomic mass is 16.5. The van der Waals surface area contributed by atoms with Crippen LogP contribution in [-0.2, 0) is 16.0 Å². The van der Waals surface area contributed by atoms with Crippen LogP contribution in [0, 0.1) is 0 Å². The van der Waals surface area contributed by atoms with Crippen molar-refractivity contribution >= 4 is 11.8 Å². The molecule has 1 aromatic carbocycles. The molecule has 1 heterocycles. The highest BCUT2D eigenvalue weighted by molar-refractivity contribution is 6.01. The van der Waals surface area contributed by atoms with Crippen molar-refractivity contribution in [2.75, 3.05) is 0 Å². The lowest BCUT2D eigenvalue weighted by Gasteiger charge is -2.27. The molecule has 6 nitrogen and oxygen atoms in total. The standard InChI is InChI=1S/C16H20O6/c1-9-3-2-4-12(22-9)8-14(19)16-10(6-15(20)21)5-11(17)7-13(16)18/h5,7,9,12,17-18H,2-4,6,8H2,1H3,(H,20,21)/t9-,12-/m0/s1. The molecule has 6 heteroatoms. The Morgan fingerprint density at radius 2 is 2.00 bits per heavy atom. The van der Waals surface area contributed by atoms with Gasteiger partial charge in [-0.15, -0.1) is 0 Å². The van der Waals surface area contributed by atoms with Crippen LogP contribution in [0.25, 0.3) is 0 Å². The molecule has 0 spiro atoms.